The predicted molar refractivity (Wildman–Crippen MR) is 165 cm³/mol. The molecule has 3 aliphatic heterocycles. The van der Waals surface area contributed by atoms with Gasteiger partial charge in [-0.2, -0.15) is 10.5 Å². The second kappa shape index (κ2) is 12.3. The van der Waals surface area contributed by atoms with E-state index in [1.807, 2.05) is 42.2 Å². The van der Waals surface area contributed by atoms with Crippen LogP contribution in [0.1, 0.15) is 51.0 Å². The number of piperazine rings is 1. The summed E-state index contributed by atoms with van der Waals surface area (Å²) in [5.41, 5.74) is 6.10. The zero-order valence-electron chi connectivity index (χ0n) is 25.2. The maximum Gasteiger partial charge on any atom is 0.254 e. The van der Waals surface area contributed by atoms with Gasteiger partial charge in [0.1, 0.15) is 12.1 Å². The summed E-state index contributed by atoms with van der Waals surface area (Å²) in [6.45, 7) is 9.39. The molecule has 2 bridgehead atoms. The Hall–Kier alpha value is -4.47. The van der Waals surface area contributed by atoms with E-state index in [1.165, 1.54) is 0 Å². The highest BCUT2D eigenvalue weighted by molar-refractivity contribution is 5.96. The zero-order chi connectivity index (χ0) is 31.0. The van der Waals surface area contributed by atoms with E-state index < -0.39 is 11.6 Å². The van der Waals surface area contributed by atoms with Crippen LogP contribution in [0.4, 0.5) is 20.2 Å². The SMILES string of the molecule is Cc1cc(C)c(C(=O)N2CCN(c3cc(F)c(F)cc3C#N)CC2)cc1CN1CC2CCN(c3ccccc3C#N)CC1C2. The van der Waals surface area contributed by atoms with E-state index >= 15 is 0 Å². The number of nitrogens with zero attached hydrogens (tertiary/aromatic N) is 6. The first-order valence-corrected chi connectivity index (χ1v) is 15.3. The minimum atomic E-state index is -1.04. The van der Waals surface area contributed by atoms with Crippen LogP contribution in [-0.4, -0.2) is 67.6 Å². The van der Waals surface area contributed by atoms with Gasteiger partial charge >= 0.3 is 0 Å². The van der Waals surface area contributed by atoms with Gasteiger partial charge in [0.2, 0.25) is 0 Å². The molecule has 0 saturated carbocycles. The Labute approximate surface area is 257 Å². The van der Waals surface area contributed by atoms with Crippen LogP contribution in [-0.2, 0) is 6.54 Å². The highest BCUT2D eigenvalue weighted by Gasteiger charge is 2.37. The van der Waals surface area contributed by atoms with Crippen LogP contribution in [0, 0.1) is 54.1 Å². The molecule has 44 heavy (non-hydrogen) atoms. The molecule has 3 saturated heterocycles. The van der Waals surface area contributed by atoms with Crippen molar-refractivity contribution in [3.8, 4) is 12.1 Å². The highest BCUT2D eigenvalue weighted by Crippen LogP contribution is 2.35. The van der Waals surface area contributed by atoms with Gasteiger partial charge in [0.25, 0.3) is 5.91 Å². The quantitative estimate of drug-likeness (QED) is 0.395. The van der Waals surface area contributed by atoms with Gasteiger partial charge in [-0.25, -0.2) is 8.78 Å². The molecule has 3 aromatic carbocycles. The lowest BCUT2D eigenvalue weighted by molar-refractivity contribution is 0.0745. The number of para-hydroxylation sites is 1. The molecule has 3 aromatic rings. The topological polar surface area (TPSA) is 77.6 Å². The van der Waals surface area contributed by atoms with Crippen molar-refractivity contribution in [1.82, 2.24) is 9.80 Å². The lowest BCUT2D eigenvalue weighted by atomic mass is 9.98. The second-order valence-corrected chi connectivity index (χ2v) is 12.3. The van der Waals surface area contributed by atoms with Crippen molar-refractivity contribution in [2.75, 3.05) is 55.6 Å². The number of halogens is 2. The molecular formula is C35H36F2N6O. The van der Waals surface area contributed by atoms with Gasteiger partial charge in [-0.3, -0.25) is 9.69 Å². The maximum absolute atomic E-state index is 14.0. The first kappa shape index (κ1) is 29.6. The van der Waals surface area contributed by atoms with Crippen LogP contribution in [0.15, 0.2) is 48.5 Å². The number of amides is 1. The number of anilines is 2. The smallest absolute Gasteiger partial charge is 0.254 e. The van der Waals surface area contributed by atoms with E-state index in [0.29, 0.717) is 55.0 Å². The van der Waals surface area contributed by atoms with E-state index in [9.17, 15) is 24.1 Å². The number of rotatable bonds is 5. The third-order valence-corrected chi connectivity index (χ3v) is 9.57. The van der Waals surface area contributed by atoms with Crippen molar-refractivity contribution in [2.45, 2.75) is 39.3 Å². The second-order valence-electron chi connectivity index (χ2n) is 12.3. The Morgan fingerprint density at radius 1 is 0.841 bits per heavy atom. The summed E-state index contributed by atoms with van der Waals surface area (Å²) in [5.74, 6) is -1.46. The lowest BCUT2D eigenvalue weighted by Crippen LogP contribution is -2.49. The van der Waals surface area contributed by atoms with Crippen molar-refractivity contribution in [3.05, 3.63) is 93.5 Å². The molecule has 3 aliphatic rings. The molecule has 6 rings (SSSR count). The summed E-state index contributed by atoms with van der Waals surface area (Å²) in [6, 6.07) is 18.7. The Morgan fingerprint density at radius 2 is 1.57 bits per heavy atom. The number of likely N-dealkylation sites (tertiary alicyclic amines) is 1. The number of benzene rings is 3. The van der Waals surface area contributed by atoms with Crippen LogP contribution >= 0.6 is 0 Å². The van der Waals surface area contributed by atoms with E-state index in [-0.39, 0.29) is 11.5 Å². The molecule has 9 heteroatoms. The van der Waals surface area contributed by atoms with Gasteiger partial charge in [-0.1, -0.05) is 18.2 Å². The summed E-state index contributed by atoms with van der Waals surface area (Å²) in [4.78, 5) is 22.3. The fraction of sp³-hybridized carbons (Fsp3) is 0.400. The van der Waals surface area contributed by atoms with Crippen LogP contribution < -0.4 is 9.80 Å². The molecule has 2 unspecified atom stereocenters. The minimum Gasteiger partial charge on any atom is -0.369 e. The van der Waals surface area contributed by atoms with E-state index in [2.05, 4.69) is 34.9 Å². The van der Waals surface area contributed by atoms with Crippen molar-refractivity contribution in [2.24, 2.45) is 5.92 Å². The van der Waals surface area contributed by atoms with Gasteiger partial charge in [-0.15, -0.1) is 0 Å². The molecule has 0 N–H and O–H groups in total. The molecule has 226 valence electrons. The number of carbonyl (C=O) groups is 1. The van der Waals surface area contributed by atoms with Gasteiger partial charge in [0, 0.05) is 70.0 Å². The van der Waals surface area contributed by atoms with Gasteiger partial charge in [0.15, 0.2) is 11.6 Å². The summed E-state index contributed by atoms with van der Waals surface area (Å²) in [5, 5.41) is 19.1. The van der Waals surface area contributed by atoms with Crippen molar-refractivity contribution >= 4 is 17.3 Å². The summed E-state index contributed by atoms with van der Waals surface area (Å²) in [6.07, 6.45) is 2.23. The Bertz CT molecular complexity index is 1670. The molecule has 7 nitrogen and oxygen atoms in total. The van der Waals surface area contributed by atoms with Crippen LogP contribution in [0.2, 0.25) is 0 Å². The fourth-order valence-electron chi connectivity index (χ4n) is 7.15. The van der Waals surface area contributed by atoms with E-state index in [4.69, 9.17) is 0 Å². The van der Waals surface area contributed by atoms with Crippen LogP contribution in [0.25, 0.3) is 0 Å². The van der Waals surface area contributed by atoms with Crippen LogP contribution in [0.5, 0.6) is 0 Å². The number of aryl methyl sites for hydroxylation is 2. The van der Waals surface area contributed by atoms with Crippen molar-refractivity contribution < 1.29 is 13.6 Å². The number of nitriles is 2. The number of fused-ring (bicyclic) bond motifs is 2. The number of hydrogen-bond acceptors (Lipinski definition) is 6. The maximum atomic E-state index is 14.0. The normalized spacial score (nSPS) is 20.3. The summed E-state index contributed by atoms with van der Waals surface area (Å²) >= 11 is 0. The lowest BCUT2D eigenvalue weighted by Gasteiger charge is -2.37. The van der Waals surface area contributed by atoms with Crippen LogP contribution in [0.3, 0.4) is 0 Å². The molecule has 2 atom stereocenters. The Morgan fingerprint density at radius 3 is 2.32 bits per heavy atom. The number of carbonyl (C=O) groups excluding carboxylic acids is 1. The summed E-state index contributed by atoms with van der Waals surface area (Å²) in [7, 11) is 0. The molecule has 0 aliphatic carbocycles. The fourth-order valence-corrected chi connectivity index (χ4v) is 7.15. The molecule has 3 heterocycles. The first-order chi connectivity index (χ1) is 21.2. The summed E-state index contributed by atoms with van der Waals surface area (Å²) < 4.78 is 27.6. The Balaban J connectivity index is 1.15. The van der Waals surface area contributed by atoms with Gasteiger partial charge in [0.05, 0.1) is 22.5 Å². The Kier molecular flexibility index (Phi) is 8.25. The third kappa shape index (κ3) is 5.73. The highest BCUT2D eigenvalue weighted by atomic mass is 19.2. The molecular weight excluding hydrogens is 558 g/mol. The first-order valence-electron chi connectivity index (χ1n) is 15.3. The average molecular weight is 595 g/mol. The third-order valence-electron chi connectivity index (χ3n) is 9.57. The van der Waals surface area contributed by atoms with Gasteiger partial charge in [-0.05, 0) is 73.6 Å². The van der Waals surface area contributed by atoms with E-state index in [1.54, 1.807) is 4.90 Å². The zero-order valence-corrected chi connectivity index (χ0v) is 25.2. The molecule has 3 fully saturated rings. The molecule has 0 radical (unpaired) electrons. The van der Waals surface area contributed by atoms with E-state index in [0.717, 1.165) is 73.5 Å². The van der Waals surface area contributed by atoms with Crippen molar-refractivity contribution in [3.63, 3.8) is 0 Å². The largest absolute Gasteiger partial charge is 0.369 e. The monoisotopic (exact) mass is 594 g/mol. The standard InChI is InChI=1S/C35H36F2N6O/c1-23-13-24(2)30(35(44)41-11-9-40(10-12-41)34-17-32(37)31(36)16-27(34)19-39)15-28(23)21-43-20-25-7-8-42(22-29(43)14-25)33-6-4-3-5-26(33)18-38/h3-6,13,15-17,25,29H,7-12,14,20-22H2,1-2H3. The average Bonchev–Trinajstić information content (AvgIpc) is 3.28. The van der Waals surface area contributed by atoms with Gasteiger partial charge < -0.3 is 14.7 Å². The predicted octanol–water partition coefficient (Wildman–Crippen LogP) is 5.39. The van der Waals surface area contributed by atoms with Crippen molar-refractivity contribution in [1.29, 1.82) is 10.5 Å². The molecule has 1 amide bonds. The minimum absolute atomic E-state index is 0.0366. The molecule has 0 aromatic heterocycles. The molecule has 0 spiro atoms. The number of hydrogen-bond donors (Lipinski definition) is 0.